The molecule has 5 rings (SSSR count). The van der Waals surface area contributed by atoms with Gasteiger partial charge in [-0.05, 0) is 57.2 Å². The quantitative estimate of drug-likeness (QED) is 0.657. The summed E-state index contributed by atoms with van der Waals surface area (Å²) in [7, 11) is 0. The molecule has 0 aliphatic carbocycles. The van der Waals surface area contributed by atoms with Crippen LogP contribution in [0.4, 0.5) is 8.78 Å². The standard InChI is InChI=1S/C21H22F2N6O/c1-11-7-13(9-24-12(11)2)20(30)28-14-3-5-15(17(28)6-4-14)18-8-16(19(22)23)27-21-25-10-26-29(18)21/h7-10,14-15,17,19H,3-6H2,1-2H3/t14-,15-,17-/m0/s1. The fourth-order valence-electron chi connectivity index (χ4n) is 4.96. The maximum absolute atomic E-state index is 13.4. The third-order valence-electron chi connectivity index (χ3n) is 6.55. The number of aryl methyl sites for hydroxylation is 2. The lowest BCUT2D eigenvalue weighted by atomic mass is 9.86. The Bertz CT molecular complexity index is 1130. The van der Waals surface area contributed by atoms with Crippen LogP contribution in [0.25, 0.3) is 5.78 Å². The van der Waals surface area contributed by atoms with Gasteiger partial charge in [0.25, 0.3) is 18.1 Å². The lowest BCUT2D eigenvalue weighted by Gasteiger charge is -2.40. The Morgan fingerprint density at radius 2 is 1.93 bits per heavy atom. The van der Waals surface area contributed by atoms with Crippen molar-refractivity contribution in [1.82, 2.24) is 29.5 Å². The molecule has 156 valence electrons. The predicted octanol–water partition coefficient (Wildman–Crippen LogP) is 3.62. The molecule has 0 saturated carbocycles. The fourth-order valence-corrected chi connectivity index (χ4v) is 4.96. The third-order valence-corrected chi connectivity index (χ3v) is 6.55. The lowest BCUT2D eigenvalue weighted by Crippen LogP contribution is -2.47. The Morgan fingerprint density at radius 3 is 2.70 bits per heavy atom. The van der Waals surface area contributed by atoms with Gasteiger partial charge in [0.1, 0.15) is 12.0 Å². The van der Waals surface area contributed by atoms with Gasteiger partial charge < -0.3 is 4.90 Å². The molecule has 2 aliphatic rings. The zero-order valence-corrected chi connectivity index (χ0v) is 16.8. The molecule has 9 heteroatoms. The van der Waals surface area contributed by atoms with Gasteiger partial charge in [0.05, 0.1) is 11.3 Å². The predicted molar refractivity (Wildman–Crippen MR) is 104 cm³/mol. The van der Waals surface area contributed by atoms with E-state index in [1.54, 1.807) is 6.20 Å². The van der Waals surface area contributed by atoms with Gasteiger partial charge in [0.15, 0.2) is 0 Å². The van der Waals surface area contributed by atoms with Gasteiger partial charge in [-0.1, -0.05) is 0 Å². The van der Waals surface area contributed by atoms with E-state index in [1.807, 2.05) is 24.8 Å². The molecule has 30 heavy (non-hydrogen) atoms. The van der Waals surface area contributed by atoms with E-state index in [2.05, 4.69) is 20.1 Å². The molecule has 0 N–H and O–H groups in total. The summed E-state index contributed by atoms with van der Waals surface area (Å²) < 4.78 is 28.4. The molecule has 2 aliphatic heterocycles. The molecule has 3 atom stereocenters. The van der Waals surface area contributed by atoms with Crippen molar-refractivity contribution in [3.63, 3.8) is 0 Å². The number of alkyl halides is 2. The van der Waals surface area contributed by atoms with Crippen LogP contribution in [0.2, 0.25) is 0 Å². The third kappa shape index (κ3) is 2.95. The van der Waals surface area contributed by atoms with Gasteiger partial charge in [0.2, 0.25) is 0 Å². The zero-order valence-electron chi connectivity index (χ0n) is 16.8. The molecule has 3 aromatic heterocycles. The molecule has 1 amide bonds. The van der Waals surface area contributed by atoms with Crippen LogP contribution in [-0.4, -0.2) is 47.5 Å². The summed E-state index contributed by atoms with van der Waals surface area (Å²) in [6.07, 6.45) is 3.65. The van der Waals surface area contributed by atoms with E-state index in [9.17, 15) is 13.6 Å². The van der Waals surface area contributed by atoms with Crippen molar-refractivity contribution >= 4 is 11.7 Å². The number of pyridine rings is 1. The molecule has 0 unspecified atom stereocenters. The van der Waals surface area contributed by atoms with Crippen LogP contribution >= 0.6 is 0 Å². The molecule has 2 saturated heterocycles. The van der Waals surface area contributed by atoms with E-state index in [1.165, 1.54) is 16.9 Å². The number of aromatic nitrogens is 5. The van der Waals surface area contributed by atoms with E-state index >= 15 is 0 Å². The first-order chi connectivity index (χ1) is 14.4. The van der Waals surface area contributed by atoms with E-state index in [0.717, 1.165) is 36.9 Å². The maximum Gasteiger partial charge on any atom is 0.280 e. The number of nitrogens with zero attached hydrogens (tertiary/aromatic N) is 6. The number of piperidine rings is 1. The maximum atomic E-state index is 13.4. The SMILES string of the molecule is Cc1cc(C(=O)N2[C@H]3CC[C@H](c4cc(C(F)F)nc5ncnn45)[C@@H]2CC3)cnc1C. The molecule has 2 bridgehead atoms. The van der Waals surface area contributed by atoms with Gasteiger partial charge >= 0.3 is 0 Å². The van der Waals surface area contributed by atoms with Crippen molar-refractivity contribution in [3.8, 4) is 0 Å². The summed E-state index contributed by atoms with van der Waals surface area (Å²) in [6, 6.07) is 3.40. The van der Waals surface area contributed by atoms with E-state index in [4.69, 9.17) is 0 Å². The molecule has 0 radical (unpaired) electrons. The molecule has 0 aromatic carbocycles. The van der Waals surface area contributed by atoms with Crippen molar-refractivity contribution < 1.29 is 13.6 Å². The molecule has 2 fully saturated rings. The number of hydrogen-bond donors (Lipinski definition) is 0. The minimum atomic E-state index is -2.69. The first-order valence-corrected chi connectivity index (χ1v) is 10.2. The first-order valence-electron chi connectivity index (χ1n) is 10.2. The highest BCUT2D eigenvalue weighted by Crippen LogP contribution is 2.45. The molecule has 3 aromatic rings. The van der Waals surface area contributed by atoms with Crippen LogP contribution in [0.5, 0.6) is 0 Å². The first kappa shape index (κ1) is 19.0. The lowest BCUT2D eigenvalue weighted by molar-refractivity contribution is 0.0553. The Balaban J connectivity index is 1.54. The van der Waals surface area contributed by atoms with Crippen molar-refractivity contribution in [1.29, 1.82) is 0 Å². The van der Waals surface area contributed by atoms with Crippen LogP contribution < -0.4 is 0 Å². The molecular weight excluding hydrogens is 390 g/mol. The van der Waals surface area contributed by atoms with Gasteiger partial charge in [-0.3, -0.25) is 9.78 Å². The minimum absolute atomic E-state index is 0.0410. The Morgan fingerprint density at radius 1 is 1.13 bits per heavy atom. The largest absolute Gasteiger partial charge is 0.332 e. The van der Waals surface area contributed by atoms with Crippen molar-refractivity contribution in [2.24, 2.45) is 0 Å². The number of amides is 1. The Hall–Kier alpha value is -2.97. The number of hydrogen-bond acceptors (Lipinski definition) is 5. The van der Waals surface area contributed by atoms with Gasteiger partial charge in [-0.2, -0.15) is 10.1 Å². The number of fused-ring (bicyclic) bond motifs is 3. The van der Waals surface area contributed by atoms with Crippen molar-refractivity contribution in [3.05, 3.63) is 52.9 Å². The number of carbonyl (C=O) groups excluding carboxylic acids is 1. The number of carbonyl (C=O) groups is 1. The van der Waals surface area contributed by atoms with Crippen molar-refractivity contribution in [2.75, 3.05) is 0 Å². The van der Waals surface area contributed by atoms with Crippen molar-refractivity contribution in [2.45, 2.75) is 64.0 Å². The monoisotopic (exact) mass is 412 g/mol. The van der Waals surface area contributed by atoms with Crippen LogP contribution in [0.1, 0.15) is 71.0 Å². The summed E-state index contributed by atoms with van der Waals surface area (Å²) in [5, 5.41) is 4.21. The van der Waals surface area contributed by atoms with E-state index in [-0.39, 0.29) is 35.4 Å². The Labute approximate surface area is 172 Å². The fraction of sp³-hybridized carbons (Fsp3) is 0.476. The second-order valence-electron chi connectivity index (χ2n) is 8.20. The normalized spacial score (nSPS) is 23.5. The molecule has 5 heterocycles. The van der Waals surface area contributed by atoms with Crippen LogP contribution in [0.3, 0.4) is 0 Å². The average molecular weight is 412 g/mol. The molecular formula is C21H22F2N6O. The smallest absolute Gasteiger partial charge is 0.280 e. The van der Waals surface area contributed by atoms with Crippen LogP contribution in [0.15, 0.2) is 24.7 Å². The summed E-state index contributed by atoms with van der Waals surface area (Å²) in [6.45, 7) is 3.86. The van der Waals surface area contributed by atoms with Crippen LogP contribution in [-0.2, 0) is 0 Å². The Kier molecular flexibility index (Phi) is 4.48. The second-order valence-corrected chi connectivity index (χ2v) is 8.20. The highest BCUT2D eigenvalue weighted by atomic mass is 19.3. The molecule has 7 nitrogen and oxygen atoms in total. The van der Waals surface area contributed by atoms with E-state index < -0.39 is 6.43 Å². The number of rotatable bonds is 3. The van der Waals surface area contributed by atoms with Gasteiger partial charge in [0, 0.05) is 29.9 Å². The van der Waals surface area contributed by atoms with Crippen LogP contribution in [0, 0.1) is 13.8 Å². The van der Waals surface area contributed by atoms with Gasteiger partial charge in [-0.25, -0.2) is 18.3 Å². The topological polar surface area (TPSA) is 76.3 Å². The summed E-state index contributed by atoms with van der Waals surface area (Å²) in [4.78, 5) is 27.6. The van der Waals surface area contributed by atoms with E-state index in [0.29, 0.717) is 11.3 Å². The summed E-state index contributed by atoms with van der Waals surface area (Å²) in [5.74, 6) is 0.0248. The molecule has 0 spiro atoms. The highest BCUT2D eigenvalue weighted by molar-refractivity contribution is 5.95. The minimum Gasteiger partial charge on any atom is -0.332 e. The summed E-state index contributed by atoms with van der Waals surface area (Å²) >= 11 is 0. The van der Waals surface area contributed by atoms with Gasteiger partial charge in [-0.15, -0.1) is 0 Å². The summed E-state index contributed by atoms with van der Waals surface area (Å²) in [5.41, 5.74) is 2.79. The second kappa shape index (κ2) is 7.07. The highest BCUT2D eigenvalue weighted by Gasteiger charge is 2.46. The zero-order chi connectivity index (χ0) is 21.0. The number of halogens is 2. The average Bonchev–Trinajstić information content (AvgIpc) is 3.32.